The van der Waals surface area contributed by atoms with E-state index < -0.39 is 23.3 Å². The Hall–Kier alpha value is -3.54. The van der Waals surface area contributed by atoms with Crippen molar-refractivity contribution in [1.29, 1.82) is 0 Å². The molecule has 3 aromatic rings. The second kappa shape index (κ2) is 5.50. The molecular formula is C27H20F3N3. The van der Waals surface area contributed by atoms with E-state index in [1.165, 1.54) is 12.1 Å². The molecule has 3 nitrogen and oxygen atoms in total. The van der Waals surface area contributed by atoms with E-state index >= 15 is 0 Å². The Bertz CT molecular complexity index is 1440. The molecule has 3 aliphatic heterocycles. The monoisotopic (exact) mass is 443 g/mol. The van der Waals surface area contributed by atoms with Gasteiger partial charge in [0, 0.05) is 22.0 Å². The van der Waals surface area contributed by atoms with E-state index in [4.69, 9.17) is 5.10 Å². The molecule has 7 rings (SSSR count). The Kier molecular flexibility index (Phi) is 3.16. The minimum atomic E-state index is -4.49. The van der Waals surface area contributed by atoms with Crippen LogP contribution in [0.4, 0.5) is 24.5 Å². The average Bonchev–Trinajstić information content (AvgIpc) is 3.11. The summed E-state index contributed by atoms with van der Waals surface area (Å²) >= 11 is 0. The van der Waals surface area contributed by atoms with Crippen LogP contribution in [0.3, 0.4) is 0 Å². The fourth-order valence-corrected chi connectivity index (χ4v) is 6.44. The molecule has 0 radical (unpaired) electrons. The summed E-state index contributed by atoms with van der Waals surface area (Å²) in [7, 11) is 0. The van der Waals surface area contributed by atoms with Gasteiger partial charge in [-0.15, -0.1) is 0 Å². The van der Waals surface area contributed by atoms with Gasteiger partial charge in [0.05, 0.1) is 16.9 Å². The molecule has 3 atom stereocenters. The van der Waals surface area contributed by atoms with Crippen LogP contribution < -0.4 is 9.91 Å². The van der Waals surface area contributed by atoms with E-state index in [-0.39, 0.29) is 11.1 Å². The number of halogens is 3. The number of hydrogen-bond donors (Lipinski definition) is 0. The predicted molar refractivity (Wildman–Crippen MR) is 123 cm³/mol. The normalized spacial score (nSPS) is 28.2. The summed E-state index contributed by atoms with van der Waals surface area (Å²) in [5.41, 5.74) is 4.86. The predicted octanol–water partition coefficient (Wildman–Crippen LogP) is 6.55. The molecule has 1 aliphatic carbocycles. The Morgan fingerprint density at radius 1 is 0.879 bits per heavy atom. The fourth-order valence-electron chi connectivity index (χ4n) is 6.44. The summed E-state index contributed by atoms with van der Waals surface area (Å²) in [4.78, 5) is 2.15. The van der Waals surface area contributed by atoms with Gasteiger partial charge in [0.1, 0.15) is 6.17 Å². The lowest BCUT2D eigenvalue weighted by Crippen LogP contribution is -2.54. The van der Waals surface area contributed by atoms with Crippen LogP contribution in [0.15, 0.2) is 84.0 Å². The maximum absolute atomic E-state index is 14.0. The van der Waals surface area contributed by atoms with E-state index in [0.717, 1.165) is 39.6 Å². The van der Waals surface area contributed by atoms with Gasteiger partial charge in [0.15, 0.2) is 5.84 Å². The Balaban J connectivity index is 1.58. The van der Waals surface area contributed by atoms with Crippen LogP contribution in [0.2, 0.25) is 0 Å². The lowest BCUT2D eigenvalue weighted by Gasteiger charge is -2.46. The van der Waals surface area contributed by atoms with Crippen molar-refractivity contribution < 1.29 is 13.2 Å². The SMILES string of the molecule is C=C1C2(C)c3cccc4c3N3C(=NN(c5ccccc5C(F)(F)F)C3C12C)c1ccccc1-4. The largest absolute Gasteiger partial charge is 0.418 e. The average molecular weight is 443 g/mol. The van der Waals surface area contributed by atoms with Crippen molar-refractivity contribution in [3.8, 4) is 11.1 Å². The van der Waals surface area contributed by atoms with Crippen molar-refractivity contribution >= 4 is 17.2 Å². The van der Waals surface area contributed by atoms with Gasteiger partial charge in [-0.2, -0.15) is 18.3 Å². The summed E-state index contributed by atoms with van der Waals surface area (Å²) in [5.74, 6) is 0.690. The molecule has 33 heavy (non-hydrogen) atoms. The van der Waals surface area contributed by atoms with Gasteiger partial charge in [-0.05, 0) is 23.3 Å². The number of fused-ring (bicyclic) bond motifs is 6. The third kappa shape index (κ3) is 1.94. The van der Waals surface area contributed by atoms with Gasteiger partial charge in [0.25, 0.3) is 0 Å². The van der Waals surface area contributed by atoms with Crippen LogP contribution in [-0.4, -0.2) is 12.0 Å². The van der Waals surface area contributed by atoms with Gasteiger partial charge in [-0.1, -0.05) is 80.6 Å². The van der Waals surface area contributed by atoms with Crippen LogP contribution in [0.25, 0.3) is 11.1 Å². The minimum absolute atomic E-state index is 0.0681. The van der Waals surface area contributed by atoms with E-state index in [1.807, 2.05) is 18.2 Å². The van der Waals surface area contributed by atoms with Crippen LogP contribution >= 0.6 is 0 Å². The summed E-state index contributed by atoms with van der Waals surface area (Å²) < 4.78 is 42.1. The number of nitrogens with zero attached hydrogens (tertiary/aromatic N) is 3. The third-order valence-corrected chi connectivity index (χ3v) is 8.36. The van der Waals surface area contributed by atoms with Gasteiger partial charge < -0.3 is 0 Å². The van der Waals surface area contributed by atoms with Crippen molar-refractivity contribution in [1.82, 2.24) is 0 Å². The summed E-state index contributed by atoms with van der Waals surface area (Å²) in [5, 5.41) is 6.50. The van der Waals surface area contributed by atoms with Crippen LogP contribution in [0.1, 0.15) is 30.5 Å². The Morgan fingerprint density at radius 3 is 2.30 bits per heavy atom. The van der Waals surface area contributed by atoms with Gasteiger partial charge in [-0.3, -0.25) is 4.90 Å². The summed E-state index contributed by atoms with van der Waals surface area (Å²) in [6, 6.07) is 20.0. The summed E-state index contributed by atoms with van der Waals surface area (Å²) in [6.07, 6.45) is -4.92. The molecule has 0 aromatic heterocycles. The number of anilines is 2. The lowest BCUT2D eigenvalue weighted by molar-refractivity contribution is -0.137. The first-order valence-corrected chi connectivity index (χ1v) is 11.0. The number of hydrogen-bond acceptors (Lipinski definition) is 3. The molecule has 0 saturated heterocycles. The molecule has 1 fully saturated rings. The highest BCUT2D eigenvalue weighted by atomic mass is 19.4. The number of amidine groups is 1. The van der Waals surface area contributed by atoms with E-state index in [1.54, 1.807) is 11.1 Å². The molecule has 6 heteroatoms. The molecule has 0 spiro atoms. The number of hydrazone groups is 1. The molecule has 4 aliphatic rings. The molecule has 3 unspecified atom stereocenters. The van der Waals surface area contributed by atoms with E-state index in [9.17, 15) is 13.2 Å². The van der Waals surface area contributed by atoms with Crippen molar-refractivity contribution in [3.63, 3.8) is 0 Å². The third-order valence-electron chi connectivity index (χ3n) is 8.36. The first-order valence-electron chi connectivity index (χ1n) is 11.0. The van der Waals surface area contributed by atoms with Crippen LogP contribution in [0, 0.1) is 5.41 Å². The van der Waals surface area contributed by atoms with Crippen LogP contribution in [0.5, 0.6) is 0 Å². The molecule has 0 bridgehead atoms. The van der Waals surface area contributed by atoms with Crippen molar-refractivity contribution in [2.75, 3.05) is 9.91 Å². The molecule has 0 N–H and O–H groups in total. The highest BCUT2D eigenvalue weighted by Crippen LogP contribution is 2.77. The number of para-hydroxylation sites is 2. The first-order chi connectivity index (χ1) is 15.7. The second-order valence-electron chi connectivity index (χ2n) is 9.58. The van der Waals surface area contributed by atoms with E-state index in [2.05, 4.69) is 49.6 Å². The smallest absolute Gasteiger partial charge is 0.300 e. The van der Waals surface area contributed by atoms with Gasteiger partial charge >= 0.3 is 6.18 Å². The van der Waals surface area contributed by atoms with Gasteiger partial charge in [0.2, 0.25) is 0 Å². The molecule has 3 aromatic carbocycles. The zero-order valence-electron chi connectivity index (χ0n) is 18.1. The second-order valence-corrected chi connectivity index (χ2v) is 9.58. The molecule has 0 amide bonds. The topological polar surface area (TPSA) is 18.8 Å². The Morgan fingerprint density at radius 2 is 1.55 bits per heavy atom. The molecule has 3 heterocycles. The maximum atomic E-state index is 14.0. The fraction of sp³-hybridized carbons (Fsp3) is 0.222. The maximum Gasteiger partial charge on any atom is 0.418 e. The molecular weight excluding hydrogens is 423 g/mol. The van der Waals surface area contributed by atoms with E-state index in [0.29, 0.717) is 5.84 Å². The quantitative estimate of drug-likeness (QED) is 0.397. The van der Waals surface area contributed by atoms with Crippen molar-refractivity contribution in [2.24, 2.45) is 10.5 Å². The minimum Gasteiger partial charge on any atom is -0.300 e. The Labute approximate surface area is 189 Å². The number of rotatable bonds is 1. The highest BCUT2D eigenvalue weighted by Gasteiger charge is 2.77. The van der Waals surface area contributed by atoms with Crippen LogP contribution in [-0.2, 0) is 11.6 Å². The molecule has 164 valence electrons. The zero-order chi connectivity index (χ0) is 22.9. The van der Waals surface area contributed by atoms with Gasteiger partial charge in [-0.25, -0.2) is 5.01 Å². The standard InChI is InChI=1S/C27H20F3N3/c1-15-25(2)20-13-8-11-17-16-9-4-5-10-18(16)23-31-33(24(26(15,25)3)32(23)22(17)20)21-14-7-6-12-19(21)27(28,29)30/h4-14,24H,1H2,2-3H3. The number of benzene rings is 3. The lowest BCUT2D eigenvalue weighted by atomic mass is 9.77. The molecule has 1 saturated carbocycles. The summed E-state index contributed by atoms with van der Waals surface area (Å²) in [6.45, 7) is 8.68. The first kappa shape index (κ1) is 19.0. The van der Waals surface area contributed by atoms with Crippen molar-refractivity contribution in [2.45, 2.75) is 31.6 Å². The zero-order valence-corrected chi connectivity index (χ0v) is 18.1. The number of alkyl halides is 3. The van der Waals surface area contributed by atoms with Crippen molar-refractivity contribution in [3.05, 3.63) is 95.6 Å². The highest BCUT2D eigenvalue weighted by molar-refractivity contribution is 6.22.